The van der Waals surface area contributed by atoms with E-state index in [1.165, 1.54) is 5.56 Å². The molecule has 0 heterocycles. The maximum atomic E-state index is 10.7. The average Bonchev–Trinajstić information content (AvgIpc) is 2.75. The van der Waals surface area contributed by atoms with E-state index in [1.54, 1.807) is 6.92 Å². The van der Waals surface area contributed by atoms with Gasteiger partial charge in [-0.15, -0.1) is 0 Å². The highest BCUT2D eigenvalue weighted by atomic mass is 16.4. The van der Waals surface area contributed by atoms with Crippen molar-refractivity contribution in [1.82, 2.24) is 0 Å². The van der Waals surface area contributed by atoms with E-state index in [9.17, 15) is 9.90 Å². The lowest BCUT2D eigenvalue weighted by molar-refractivity contribution is -0.374. The van der Waals surface area contributed by atoms with Gasteiger partial charge < -0.3 is 15.6 Å². The predicted octanol–water partition coefficient (Wildman–Crippen LogP) is 3.88. The molecule has 0 aliphatic heterocycles. The summed E-state index contributed by atoms with van der Waals surface area (Å²) in [5.41, 5.74) is 8.38. The Bertz CT molecular complexity index is 858. The van der Waals surface area contributed by atoms with Gasteiger partial charge in [0.1, 0.15) is 0 Å². The summed E-state index contributed by atoms with van der Waals surface area (Å²) in [6, 6.07) is 28.2. The molecule has 0 spiro atoms. The van der Waals surface area contributed by atoms with Crippen molar-refractivity contribution in [3.8, 4) is 11.1 Å². The highest BCUT2D eigenvalue weighted by molar-refractivity contribution is 5.74. The van der Waals surface area contributed by atoms with Crippen LogP contribution in [0.4, 0.5) is 0 Å². The number of quaternary nitrogens is 1. The van der Waals surface area contributed by atoms with Gasteiger partial charge in [-0.25, -0.2) is 0 Å². The lowest BCUT2D eigenvalue weighted by atomic mass is 9.89. The van der Waals surface area contributed by atoms with Gasteiger partial charge in [0.15, 0.2) is 0 Å². The van der Waals surface area contributed by atoms with Crippen molar-refractivity contribution in [1.29, 1.82) is 0 Å². The first-order valence-electron chi connectivity index (χ1n) is 10.1. The van der Waals surface area contributed by atoms with Gasteiger partial charge in [-0.1, -0.05) is 106 Å². The fourth-order valence-electron chi connectivity index (χ4n) is 3.32. The standard InChI is InChI=1S/C15H14O2.C11H17N/c1-11(15(16)17)12-7-9-14(10-8-12)13-5-3-2-4-6-13;1-9(2)11(8-12)10-6-4-3-5-7-10/h2-11H,1H3,(H,16,17);3-7,9,11H,8,12H2,1-2H3. The highest BCUT2D eigenvalue weighted by Crippen LogP contribution is 2.23. The van der Waals surface area contributed by atoms with Crippen LogP contribution in [0.5, 0.6) is 0 Å². The molecule has 0 radical (unpaired) electrons. The number of hydrogen-bond donors (Lipinski definition) is 1. The van der Waals surface area contributed by atoms with Gasteiger partial charge in [0.25, 0.3) is 0 Å². The third-order valence-electron chi connectivity index (χ3n) is 5.21. The maximum Gasteiger partial charge on any atom is 0.0811 e. The summed E-state index contributed by atoms with van der Waals surface area (Å²) in [5, 5.41) is 10.7. The molecule has 0 aliphatic rings. The van der Waals surface area contributed by atoms with Crippen molar-refractivity contribution < 1.29 is 15.6 Å². The molecule has 0 bridgehead atoms. The Kier molecular flexibility index (Phi) is 8.63. The molecule has 3 heteroatoms. The molecule has 3 aromatic carbocycles. The van der Waals surface area contributed by atoms with Crippen LogP contribution in [0.15, 0.2) is 84.9 Å². The van der Waals surface area contributed by atoms with Gasteiger partial charge in [0.2, 0.25) is 0 Å². The van der Waals surface area contributed by atoms with Gasteiger partial charge in [0.05, 0.1) is 6.54 Å². The zero-order chi connectivity index (χ0) is 21.2. The van der Waals surface area contributed by atoms with Crippen LogP contribution < -0.4 is 10.8 Å². The van der Waals surface area contributed by atoms with Crippen LogP contribution in [0.1, 0.15) is 43.7 Å². The minimum atomic E-state index is -1.04. The smallest absolute Gasteiger partial charge is 0.0811 e. The largest absolute Gasteiger partial charge is 0.550 e. The second-order valence-electron chi connectivity index (χ2n) is 7.58. The van der Waals surface area contributed by atoms with Crippen molar-refractivity contribution in [2.45, 2.75) is 32.6 Å². The Hall–Kier alpha value is -2.91. The third kappa shape index (κ3) is 6.58. The molecule has 3 rings (SSSR count). The molecule has 3 N–H and O–H groups in total. The molecule has 0 aromatic heterocycles. The number of carboxylic acid groups (broad SMARTS) is 1. The van der Waals surface area contributed by atoms with Gasteiger partial charge in [0, 0.05) is 17.8 Å². The normalized spacial score (nSPS) is 12.6. The van der Waals surface area contributed by atoms with E-state index >= 15 is 0 Å². The van der Waals surface area contributed by atoms with Crippen LogP contribution in [0.3, 0.4) is 0 Å². The first-order chi connectivity index (χ1) is 13.9. The zero-order valence-electron chi connectivity index (χ0n) is 17.5. The fourth-order valence-corrected chi connectivity index (χ4v) is 3.32. The second-order valence-corrected chi connectivity index (χ2v) is 7.58. The molecule has 0 saturated carbocycles. The minimum Gasteiger partial charge on any atom is -0.550 e. The Morgan fingerprint density at radius 2 is 1.24 bits per heavy atom. The van der Waals surface area contributed by atoms with E-state index in [2.05, 4.69) is 49.9 Å². The summed E-state index contributed by atoms with van der Waals surface area (Å²) in [7, 11) is 0. The number of carboxylic acids is 1. The molecular formula is C26H31NO2. The monoisotopic (exact) mass is 389 g/mol. The average molecular weight is 390 g/mol. The Balaban J connectivity index is 0.000000221. The third-order valence-corrected chi connectivity index (χ3v) is 5.21. The topological polar surface area (TPSA) is 67.8 Å². The molecule has 0 fully saturated rings. The fraction of sp³-hybridized carbons (Fsp3) is 0.269. The molecule has 0 saturated heterocycles. The van der Waals surface area contributed by atoms with Crippen LogP contribution in [-0.2, 0) is 4.79 Å². The Morgan fingerprint density at radius 3 is 1.69 bits per heavy atom. The van der Waals surface area contributed by atoms with Crippen LogP contribution in [0, 0.1) is 5.92 Å². The Labute approximate surface area is 174 Å². The van der Waals surface area contributed by atoms with E-state index in [-0.39, 0.29) is 0 Å². The summed E-state index contributed by atoms with van der Waals surface area (Å²) in [6.45, 7) is 7.13. The van der Waals surface area contributed by atoms with E-state index in [1.807, 2.05) is 54.6 Å². The Morgan fingerprint density at radius 1 is 0.759 bits per heavy atom. The van der Waals surface area contributed by atoms with E-state index in [4.69, 9.17) is 0 Å². The van der Waals surface area contributed by atoms with E-state index < -0.39 is 11.9 Å². The summed E-state index contributed by atoms with van der Waals surface area (Å²) in [4.78, 5) is 10.7. The van der Waals surface area contributed by atoms with Gasteiger partial charge >= 0.3 is 0 Å². The molecule has 0 amide bonds. The first kappa shape index (κ1) is 22.4. The van der Waals surface area contributed by atoms with Gasteiger partial charge in [-0.2, -0.15) is 0 Å². The van der Waals surface area contributed by atoms with Crippen molar-refractivity contribution in [3.63, 3.8) is 0 Å². The quantitative estimate of drug-likeness (QED) is 0.695. The van der Waals surface area contributed by atoms with Crippen LogP contribution in [0.2, 0.25) is 0 Å². The summed E-state index contributed by atoms with van der Waals surface area (Å²) < 4.78 is 0. The lowest BCUT2D eigenvalue weighted by Crippen LogP contribution is -2.53. The summed E-state index contributed by atoms with van der Waals surface area (Å²) >= 11 is 0. The van der Waals surface area contributed by atoms with Crippen molar-refractivity contribution in [2.24, 2.45) is 5.92 Å². The number of benzene rings is 3. The number of aliphatic carboxylic acids is 1. The first-order valence-corrected chi connectivity index (χ1v) is 10.1. The highest BCUT2D eigenvalue weighted by Gasteiger charge is 2.14. The predicted molar refractivity (Wildman–Crippen MR) is 117 cm³/mol. The number of carbonyl (C=O) groups is 1. The molecular weight excluding hydrogens is 358 g/mol. The molecule has 2 unspecified atom stereocenters. The summed E-state index contributed by atoms with van der Waals surface area (Å²) in [6.07, 6.45) is 0. The molecule has 3 nitrogen and oxygen atoms in total. The van der Waals surface area contributed by atoms with Crippen molar-refractivity contribution in [2.75, 3.05) is 6.54 Å². The molecule has 29 heavy (non-hydrogen) atoms. The van der Waals surface area contributed by atoms with E-state index in [0.717, 1.165) is 23.2 Å². The van der Waals surface area contributed by atoms with Crippen LogP contribution >= 0.6 is 0 Å². The van der Waals surface area contributed by atoms with Crippen LogP contribution in [-0.4, -0.2) is 12.5 Å². The number of rotatable bonds is 6. The van der Waals surface area contributed by atoms with Gasteiger partial charge in [-0.3, -0.25) is 0 Å². The molecule has 152 valence electrons. The SMILES string of the molecule is CC(C(=O)[O-])c1ccc(-c2ccccc2)cc1.CC(C)C(C[NH3+])c1ccccc1. The molecule has 3 aromatic rings. The van der Waals surface area contributed by atoms with E-state index in [0.29, 0.717) is 11.8 Å². The van der Waals surface area contributed by atoms with Crippen molar-refractivity contribution >= 4 is 5.97 Å². The summed E-state index contributed by atoms with van der Waals surface area (Å²) in [5.74, 6) is -0.312. The maximum absolute atomic E-state index is 10.7. The molecule has 0 aliphatic carbocycles. The van der Waals surface area contributed by atoms with Crippen LogP contribution in [0.25, 0.3) is 11.1 Å². The second kappa shape index (κ2) is 11.2. The zero-order valence-corrected chi connectivity index (χ0v) is 17.5. The lowest BCUT2D eigenvalue weighted by Gasteiger charge is -2.16. The molecule has 2 atom stereocenters. The van der Waals surface area contributed by atoms with Crippen molar-refractivity contribution in [3.05, 3.63) is 96.1 Å². The minimum absolute atomic E-state index is 0.570. The van der Waals surface area contributed by atoms with Gasteiger partial charge in [-0.05, 0) is 28.2 Å². The number of hydrogen-bond acceptors (Lipinski definition) is 2. The number of carbonyl (C=O) groups excluding carboxylic acids is 1.